The van der Waals surface area contributed by atoms with Gasteiger partial charge in [-0.15, -0.1) is 0 Å². The molecule has 5 rings (SSSR count). The number of nitrogens with zero attached hydrogens (tertiary/aromatic N) is 2. The van der Waals surface area contributed by atoms with E-state index in [0.29, 0.717) is 12.1 Å². The van der Waals surface area contributed by atoms with Gasteiger partial charge in [-0.05, 0) is 68.2 Å². The van der Waals surface area contributed by atoms with Crippen LogP contribution in [-0.4, -0.2) is 72.2 Å². The molecular weight excluding hydrogens is 565 g/mol. The van der Waals surface area contributed by atoms with Gasteiger partial charge >= 0.3 is 12.2 Å². The van der Waals surface area contributed by atoms with E-state index in [1.807, 2.05) is 57.3 Å². The molecule has 2 aliphatic heterocycles. The number of nitrogens with one attached hydrogen (secondary N) is 1. The van der Waals surface area contributed by atoms with E-state index in [4.69, 9.17) is 13.9 Å². The third-order valence-corrected chi connectivity index (χ3v) is 13.5. The molecular formula is C33H44FN3O5Si. The van der Waals surface area contributed by atoms with Gasteiger partial charge in [-0.25, -0.2) is 14.0 Å². The molecule has 4 unspecified atom stereocenters. The minimum Gasteiger partial charge on any atom is -0.445 e. The number of fused-ring (bicyclic) bond motifs is 2. The molecule has 2 aliphatic rings. The van der Waals surface area contributed by atoms with Gasteiger partial charge in [0.1, 0.15) is 18.0 Å². The summed E-state index contributed by atoms with van der Waals surface area (Å²) in [6.45, 7) is 17.1. The van der Waals surface area contributed by atoms with Crippen LogP contribution >= 0.6 is 0 Å². The van der Waals surface area contributed by atoms with Crippen LogP contribution in [0.15, 0.2) is 54.7 Å². The predicted molar refractivity (Wildman–Crippen MR) is 167 cm³/mol. The van der Waals surface area contributed by atoms with Crippen molar-refractivity contribution in [1.29, 1.82) is 0 Å². The summed E-state index contributed by atoms with van der Waals surface area (Å²) in [5, 5.41) is 0.766. The highest BCUT2D eigenvalue weighted by Crippen LogP contribution is 2.47. The van der Waals surface area contributed by atoms with E-state index in [-0.39, 0.29) is 29.9 Å². The van der Waals surface area contributed by atoms with Crippen LogP contribution in [0.1, 0.15) is 58.6 Å². The molecule has 0 bridgehead atoms. The number of likely N-dealkylation sites (tertiary alicyclic amines) is 2. The van der Waals surface area contributed by atoms with Crippen LogP contribution in [0.25, 0.3) is 10.9 Å². The number of carbonyl (C=O) groups excluding carboxylic acids is 2. The zero-order valence-electron chi connectivity index (χ0n) is 26.4. The molecule has 2 aromatic carbocycles. The lowest BCUT2D eigenvalue weighted by molar-refractivity contribution is 0.0199. The van der Waals surface area contributed by atoms with E-state index in [0.717, 1.165) is 16.5 Å². The number of amides is 2. The van der Waals surface area contributed by atoms with Crippen LogP contribution in [0.2, 0.25) is 18.1 Å². The summed E-state index contributed by atoms with van der Waals surface area (Å²) in [4.78, 5) is 34.3. The van der Waals surface area contributed by atoms with Crippen molar-refractivity contribution in [3.63, 3.8) is 0 Å². The average molecular weight is 610 g/mol. The van der Waals surface area contributed by atoms with Gasteiger partial charge in [0.05, 0.1) is 24.7 Å². The fourth-order valence-corrected chi connectivity index (χ4v) is 7.32. The van der Waals surface area contributed by atoms with Gasteiger partial charge in [0.15, 0.2) is 8.32 Å². The quantitative estimate of drug-likeness (QED) is 0.304. The van der Waals surface area contributed by atoms with E-state index in [1.165, 1.54) is 12.1 Å². The van der Waals surface area contributed by atoms with Crippen LogP contribution in [0.4, 0.5) is 14.0 Å². The molecule has 43 heavy (non-hydrogen) atoms. The Morgan fingerprint density at radius 2 is 1.63 bits per heavy atom. The van der Waals surface area contributed by atoms with Crippen LogP contribution in [0.5, 0.6) is 0 Å². The zero-order valence-corrected chi connectivity index (χ0v) is 27.4. The summed E-state index contributed by atoms with van der Waals surface area (Å²) in [6.07, 6.45) is 0.525. The first-order valence-electron chi connectivity index (χ1n) is 15.0. The Bertz CT molecular complexity index is 1480. The fraction of sp³-hybridized carbons (Fsp3) is 0.515. The van der Waals surface area contributed by atoms with Gasteiger partial charge in [-0.1, -0.05) is 51.1 Å². The molecule has 2 fully saturated rings. The number of aromatic nitrogens is 1. The maximum Gasteiger partial charge on any atom is 0.410 e. The summed E-state index contributed by atoms with van der Waals surface area (Å²) in [5.41, 5.74) is 1.75. The molecule has 0 aliphatic carbocycles. The Balaban J connectivity index is 1.56. The first-order valence-corrected chi connectivity index (χ1v) is 17.9. The number of carbonyl (C=O) groups is 2. The number of rotatable bonds is 5. The summed E-state index contributed by atoms with van der Waals surface area (Å²) < 4.78 is 32.8. The van der Waals surface area contributed by atoms with Gasteiger partial charge in [-0.3, -0.25) is 9.80 Å². The molecule has 3 heterocycles. The molecule has 0 radical (unpaired) electrons. The maximum absolute atomic E-state index is 14.1. The Morgan fingerprint density at radius 3 is 2.28 bits per heavy atom. The number of hydrogen-bond donors (Lipinski definition) is 1. The second kappa shape index (κ2) is 11.3. The first-order chi connectivity index (χ1) is 20.1. The lowest BCUT2D eigenvalue weighted by atomic mass is 9.91. The third-order valence-electron chi connectivity index (χ3n) is 9.03. The van der Waals surface area contributed by atoms with E-state index in [2.05, 4.69) is 38.8 Å². The molecule has 4 atom stereocenters. The molecule has 8 nitrogen and oxygen atoms in total. The van der Waals surface area contributed by atoms with Crippen LogP contribution in [0, 0.1) is 5.82 Å². The number of hydrogen-bond acceptors (Lipinski definition) is 5. The lowest BCUT2D eigenvalue weighted by Crippen LogP contribution is -2.51. The SMILES string of the molecule is CC(C)(C)OC(=O)N1CC(O[Si](C)(C)C(C)(C)C)C2C1C(c1c[nH]c3cc(F)ccc13)CN2C(=O)OCc1ccccc1. The van der Waals surface area contributed by atoms with Crippen LogP contribution in [0.3, 0.4) is 0 Å². The van der Waals surface area contributed by atoms with Crippen molar-refractivity contribution in [2.45, 2.75) is 96.0 Å². The van der Waals surface area contributed by atoms with Gasteiger partial charge in [0, 0.05) is 29.6 Å². The molecule has 0 spiro atoms. The molecule has 1 aromatic heterocycles. The van der Waals surface area contributed by atoms with Gasteiger partial charge < -0.3 is 18.9 Å². The number of ether oxygens (including phenoxy) is 2. The molecule has 3 aromatic rings. The molecule has 10 heteroatoms. The second-order valence-corrected chi connectivity index (χ2v) is 19.0. The number of benzene rings is 2. The highest BCUT2D eigenvalue weighted by molar-refractivity contribution is 6.74. The second-order valence-electron chi connectivity index (χ2n) is 14.3. The van der Waals surface area contributed by atoms with Crippen molar-refractivity contribution < 1.29 is 27.9 Å². The van der Waals surface area contributed by atoms with E-state index in [9.17, 15) is 14.0 Å². The van der Waals surface area contributed by atoms with Crippen molar-refractivity contribution in [1.82, 2.24) is 14.8 Å². The number of halogens is 1. The predicted octanol–water partition coefficient (Wildman–Crippen LogP) is 7.42. The Labute approximate surface area is 254 Å². The molecule has 2 amide bonds. The molecule has 232 valence electrons. The zero-order chi connectivity index (χ0) is 31.3. The van der Waals surface area contributed by atoms with Crippen molar-refractivity contribution in [3.05, 3.63) is 71.7 Å². The summed E-state index contributed by atoms with van der Waals surface area (Å²) in [5.74, 6) is -0.621. The minimum absolute atomic E-state index is 0.0839. The third kappa shape index (κ3) is 6.31. The highest BCUT2D eigenvalue weighted by atomic mass is 28.4. The summed E-state index contributed by atoms with van der Waals surface area (Å²) in [6, 6.07) is 13.3. The normalized spacial score (nSPS) is 22.6. The Hall–Kier alpha value is -3.37. The number of H-pyrrole nitrogens is 1. The van der Waals surface area contributed by atoms with Crippen LogP contribution < -0.4 is 0 Å². The van der Waals surface area contributed by atoms with E-state index < -0.39 is 44.3 Å². The minimum atomic E-state index is -2.32. The summed E-state index contributed by atoms with van der Waals surface area (Å²) in [7, 11) is -2.32. The standard InChI is InChI=1S/C33H44FN3O5Si/c1-32(2,3)41-31(39)37-19-27(42-43(7,8)33(4,5)6)29-28(37)25(24-17-35-26-16-22(34)14-15-23(24)26)18-36(29)30(38)40-20-21-12-10-9-11-13-21/h9-17,25,27-29,35H,18-20H2,1-8H3. The van der Waals surface area contributed by atoms with Crippen molar-refractivity contribution in [3.8, 4) is 0 Å². The molecule has 2 saturated heterocycles. The van der Waals surface area contributed by atoms with Crippen molar-refractivity contribution in [2.24, 2.45) is 0 Å². The van der Waals surface area contributed by atoms with Crippen molar-refractivity contribution >= 4 is 31.4 Å². The average Bonchev–Trinajstić information content (AvgIpc) is 3.59. The first kappa shape index (κ1) is 31.1. The van der Waals surface area contributed by atoms with E-state index >= 15 is 0 Å². The van der Waals surface area contributed by atoms with Gasteiger partial charge in [-0.2, -0.15) is 0 Å². The van der Waals surface area contributed by atoms with E-state index in [1.54, 1.807) is 15.9 Å². The van der Waals surface area contributed by atoms with Crippen LogP contribution in [-0.2, 0) is 20.5 Å². The highest BCUT2D eigenvalue weighted by Gasteiger charge is 2.60. The Morgan fingerprint density at radius 1 is 0.953 bits per heavy atom. The largest absolute Gasteiger partial charge is 0.445 e. The topological polar surface area (TPSA) is 84.1 Å². The van der Waals surface area contributed by atoms with Gasteiger partial charge in [0.2, 0.25) is 0 Å². The monoisotopic (exact) mass is 609 g/mol. The van der Waals surface area contributed by atoms with Gasteiger partial charge in [0.25, 0.3) is 0 Å². The maximum atomic E-state index is 14.1. The number of aromatic amines is 1. The molecule has 1 N–H and O–H groups in total. The van der Waals surface area contributed by atoms with Crippen molar-refractivity contribution in [2.75, 3.05) is 13.1 Å². The smallest absolute Gasteiger partial charge is 0.410 e. The lowest BCUT2D eigenvalue weighted by Gasteiger charge is -2.40. The molecule has 0 saturated carbocycles. The fourth-order valence-electron chi connectivity index (χ4n) is 6.00. The Kier molecular flexibility index (Phi) is 8.15. The summed E-state index contributed by atoms with van der Waals surface area (Å²) >= 11 is 0.